The molecular formula is C17H18N6O2S. The molecule has 0 radical (unpaired) electrons. The number of H-pyrrole nitrogens is 1. The van der Waals surface area contributed by atoms with Crippen molar-refractivity contribution in [3.8, 4) is 10.6 Å². The average molecular weight is 370 g/mol. The van der Waals surface area contributed by atoms with Crippen LogP contribution < -0.4 is 5.56 Å². The van der Waals surface area contributed by atoms with Crippen LogP contribution in [0, 0.1) is 0 Å². The van der Waals surface area contributed by atoms with Crippen molar-refractivity contribution in [1.82, 2.24) is 29.6 Å². The molecule has 1 aliphatic rings. The molecule has 0 aliphatic carbocycles. The van der Waals surface area contributed by atoms with Crippen LogP contribution in [0.15, 0.2) is 41.0 Å². The molecule has 4 rings (SSSR count). The van der Waals surface area contributed by atoms with E-state index >= 15 is 0 Å². The van der Waals surface area contributed by atoms with Gasteiger partial charge in [0.2, 0.25) is 5.91 Å². The van der Waals surface area contributed by atoms with Crippen molar-refractivity contribution in [2.75, 3.05) is 13.1 Å². The number of nitrogens with one attached hydrogen (secondary N) is 1. The molecule has 134 valence electrons. The van der Waals surface area contributed by atoms with Gasteiger partial charge in [-0.1, -0.05) is 6.07 Å². The summed E-state index contributed by atoms with van der Waals surface area (Å²) in [6.07, 6.45) is 4.71. The highest BCUT2D eigenvalue weighted by molar-refractivity contribution is 7.13. The Morgan fingerprint density at radius 2 is 2.35 bits per heavy atom. The van der Waals surface area contributed by atoms with Crippen molar-refractivity contribution in [1.29, 1.82) is 0 Å². The van der Waals surface area contributed by atoms with E-state index in [4.69, 9.17) is 0 Å². The summed E-state index contributed by atoms with van der Waals surface area (Å²) in [5.41, 5.74) is 0.522. The number of aromatic nitrogens is 5. The second kappa shape index (κ2) is 7.20. The number of likely N-dealkylation sites (tertiary alicyclic amines) is 1. The number of carbonyl (C=O) groups is 1. The van der Waals surface area contributed by atoms with Gasteiger partial charge in [0.25, 0.3) is 5.56 Å². The van der Waals surface area contributed by atoms with Crippen molar-refractivity contribution in [2.24, 2.45) is 0 Å². The minimum Gasteiger partial charge on any atom is -0.340 e. The van der Waals surface area contributed by atoms with E-state index in [1.165, 1.54) is 23.4 Å². The number of carbonyl (C=O) groups excluding carboxylic acids is 1. The fourth-order valence-corrected chi connectivity index (χ4v) is 3.89. The molecule has 8 nitrogen and oxygen atoms in total. The van der Waals surface area contributed by atoms with E-state index in [2.05, 4.69) is 20.1 Å². The van der Waals surface area contributed by atoms with Crippen LogP contribution in [-0.4, -0.2) is 48.6 Å². The predicted octanol–water partition coefficient (Wildman–Crippen LogP) is 1.50. The van der Waals surface area contributed by atoms with Crippen LogP contribution in [0.3, 0.4) is 0 Å². The summed E-state index contributed by atoms with van der Waals surface area (Å²) in [6, 6.07) is 5.41. The van der Waals surface area contributed by atoms with Gasteiger partial charge in [-0.25, -0.2) is 14.6 Å². The van der Waals surface area contributed by atoms with Gasteiger partial charge in [-0.05, 0) is 24.3 Å². The molecule has 3 aromatic rings. The molecule has 9 heteroatoms. The molecule has 1 amide bonds. The summed E-state index contributed by atoms with van der Waals surface area (Å²) >= 11 is 1.55. The maximum absolute atomic E-state index is 12.5. The van der Waals surface area contributed by atoms with Gasteiger partial charge in [0.15, 0.2) is 0 Å². The van der Waals surface area contributed by atoms with Gasteiger partial charge in [-0.3, -0.25) is 9.59 Å². The quantitative estimate of drug-likeness (QED) is 0.751. The Hall–Kier alpha value is -2.81. The molecular weight excluding hydrogens is 352 g/mol. The lowest BCUT2D eigenvalue weighted by molar-refractivity contribution is -0.133. The van der Waals surface area contributed by atoms with Gasteiger partial charge in [0, 0.05) is 25.1 Å². The lowest BCUT2D eigenvalue weighted by Crippen LogP contribution is -2.41. The van der Waals surface area contributed by atoms with E-state index in [-0.39, 0.29) is 23.9 Å². The minimum absolute atomic E-state index is 0.00282. The Morgan fingerprint density at radius 3 is 3.12 bits per heavy atom. The third-order valence-corrected chi connectivity index (χ3v) is 5.35. The van der Waals surface area contributed by atoms with E-state index in [1.54, 1.807) is 11.3 Å². The summed E-state index contributed by atoms with van der Waals surface area (Å²) in [4.78, 5) is 38.7. The van der Waals surface area contributed by atoms with Crippen LogP contribution in [0.2, 0.25) is 0 Å². The number of rotatable bonds is 4. The van der Waals surface area contributed by atoms with Crippen LogP contribution in [0.4, 0.5) is 0 Å². The highest BCUT2D eigenvalue weighted by Crippen LogP contribution is 2.27. The Morgan fingerprint density at radius 1 is 1.42 bits per heavy atom. The number of nitrogens with zero attached hydrogens (tertiary/aromatic N) is 5. The molecule has 1 fully saturated rings. The zero-order valence-electron chi connectivity index (χ0n) is 14.0. The standard InChI is InChI=1S/C17H18N6O2S/c24-15-7-13(14-4-2-6-26-14)20-17(21-15)12-3-1-5-22(8-12)16(25)9-23-11-18-10-19-23/h2,4,6-7,10-12H,1,3,5,8-9H2,(H,20,21,24). The van der Waals surface area contributed by atoms with Gasteiger partial charge < -0.3 is 9.88 Å². The summed E-state index contributed by atoms with van der Waals surface area (Å²) < 4.78 is 1.52. The van der Waals surface area contributed by atoms with Crippen LogP contribution in [0.25, 0.3) is 10.6 Å². The summed E-state index contributed by atoms with van der Waals surface area (Å²) in [5.74, 6) is 0.673. The second-order valence-electron chi connectivity index (χ2n) is 6.27. The normalized spacial score (nSPS) is 17.4. The summed E-state index contributed by atoms with van der Waals surface area (Å²) in [5, 5.41) is 5.94. The number of hydrogen-bond donors (Lipinski definition) is 1. The fraction of sp³-hybridized carbons (Fsp3) is 0.353. The molecule has 3 aromatic heterocycles. The first-order chi connectivity index (χ1) is 12.7. The number of hydrogen-bond acceptors (Lipinski definition) is 6. The number of amides is 1. The molecule has 1 N–H and O–H groups in total. The molecule has 0 saturated carbocycles. The molecule has 26 heavy (non-hydrogen) atoms. The minimum atomic E-state index is -0.163. The Balaban J connectivity index is 1.52. The van der Waals surface area contributed by atoms with Crippen molar-refractivity contribution < 1.29 is 4.79 Å². The van der Waals surface area contributed by atoms with Crippen molar-refractivity contribution in [3.63, 3.8) is 0 Å². The van der Waals surface area contributed by atoms with E-state index in [9.17, 15) is 9.59 Å². The van der Waals surface area contributed by atoms with Crippen LogP contribution in [0.5, 0.6) is 0 Å². The maximum Gasteiger partial charge on any atom is 0.251 e. The maximum atomic E-state index is 12.5. The lowest BCUT2D eigenvalue weighted by Gasteiger charge is -2.32. The van der Waals surface area contributed by atoms with E-state index in [0.717, 1.165) is 17.7 Å². The topological polar surface area (TPSA) is 96.8 Å². The van der Waals surface area contributed by atoms with E-state index in [1.807, 2.05) is 22.4 Å². The zero-order chi connectivity index (χ0) is 17.9. The van der Waals surface area contributed by atoms with Crippen LogP contribution >= 0.6 is 11.3 Å². The Bertz CT molecular complexity index is 935. The Labute approximate surface area is 153 Å². The first-order valence-corrected chi connectivity index (χ1v) is 9.32. The second-order valence-corrected chi connectivity index (χ2v) is 7.21. The third-order valence-electron chi connectivity index (χ3n) is 4.46. The van der Waals surface area contributed by atoms with Gasteiger partial charge in [0.1, 0.15) is 25.0 Å². The van der Waals surface area contributed by atoms with Gasteiger partial charge in [-0.15, -0.1) is 11.3 Å². The predicted molar refractivity (Wildman–Crippen MR) is 96.7 cm³/mol. The molecule has 1 unspecified atom stereocenters. The first-order valence-electron chi connectivity index (χ1n) is 8.44. The van der Waals surface area contributed by atoms with Crippen molar-refractivity contribution >= 4 is 17.2 Å². The van der Waals surface area contributed by atoms with Crippen LogP contribution in [0.1, 0.15) is 24.6 Å². The summed E-state index contributed by atoms with van der Waals surface area (Å²) in [7, 11) is 0. The molecule has 1 atom stereocenters. The zero-order valence-corrected chi connectivity index (χ0v) is 14.9. The lowest BCUT2D eigenvalue weighted by atomic mass is 9.97. The number of aromatic amines is 1. The highest BCUT2D eigenvalue weighted by atomic mass is 32.1. The van der Waals surface area contributed by atoms with Gasteiger partial charge in [-0.2, -0.15) is 5.10 Å². The van der Waals surface area contributed by atoms with E-state index < -0.39 is 0 Å². The first kappa shape index (κ1) is 16.6. The third kappa shape index (κ3) is 3.57. The highest BCUT2D eigenvalue weighted by Gasteiger charge is 2.27. The average Bonchev–Trinajstić information content (AvgIpc) is 3.35. The molecule has 0 bridgehead atoms. The Kier molecular flexibility index (Phi) is 4.61. The SMILES string of the molecule is O=C(Cn1cncn1)N1CCCC(c2nc(-c3cccs3)cc(=O)[nH]2)C1. The van der Waals surface area contributed by atoms with Gasteiger partial charge in [0.05, 0.1) is 10.6 Å². The number of thiophene rings is 1. The van der Waals surface area contributed by atoms with Crippen LogP contribution in [-0.2, 0) is 11.3 Å². The molecule has 0 spiro atoms. The monoisotopic (exact) mass is 370 g/mol. The molecule has 1 saturated heterocycles. The smallest absolute Gasteiger partial charge is 0.251 e. The largest absolute Gasteiger partial charge is 0.340 e. The fourth-order valence-electron chi connectivity index (χ4n) is 3.20. The number of piperidine rings is 1. The molecule has 1 aliphatic heterocycles. The van der Waals surface area contributed by atoms with Gasteiger partial charge >= 0.3 is 0 Å². The summed E-state index contributed by atoms with van der Waals surface area (Å²) in [6.45, 7) is 1.43. The molecule has 4 heterocycles. The molecule has 0 aromatic carbocycles. The van der Waals surface area contributed by atoms with Crippen molar-refractivity contribution in [2.45, 2.75) is 25.3 Å². The van der Waals surface area contributed by atoms with E-state index in [0.29, 0.717) is 24.6 Å². The van der Waals surface area contributed by atoms with Crippen molar-refractivity contribution in [3.05, 3.63) is 52.4 Å².